The number of unbranched alkanes of at least 4 members (excludes halogenated alkanes) is 1. The lowest BCUT2D eigenvalue weighted by Gasteiger charge is -2.40. The van der Waals surface area contributed by atoms with Gasteiger partial charge in [-0.2, -0.15) is 0 Å². The van der Waals surface area contributed by atoms with Crippen LogP contribution < -0.4 is 10.1 Å². The molecule has 2 heterocycles. The number of para-hydroxylation sites is 1. The molecule has 2 aliphatic rings. The van der Waals surface area contributed by atoms with Crippen LogP contribution in [0.3, 0.4) is 0 Å². The summed E-state index contributed by atoms with van der Waals surface area (Å²) in [4.78, 5) is 52.4. The minimum atomic E-state index is -0.609. The van der Waals surface area contributed by atoms with Crippen molar-refractivity contribution >= 4 is 29.3 Å². The second kappa shape index (κ2) is 11.4. The number of piperidine rings is 1. The van der Waals surface area contributed by atoms with Crippen molar-refractivity contribution in [3.05, 3.63) is 59.2 Å². The fourth-order valence-electron chi connectivity index (χ4n) is 4.97. The maximum Gasteiger partial charge on any atom is 0.311 e. The van der Waals surface area contributed by atoms with Crippen molar-refractivity contribution in [3.63, 3.8) is 0 Å². The molecule has 2 unspecified atom stereocenters. The van der Waals surface area contributed by atoms with E-state index < -0.39 is 17.9 Å². The number of anilines is 1. The Morgan fingerprint density at radius 3 is 2.67 bits per heavy atom. The fourth-order valence-corrected chi connectivity index (χ4v) is 4.97. The normalized spacial score (nSPS) is 19.3. The van der Waals surface area contributed by atoms with Crippen molar-refractivity contribution in [2.75, 3.05) is 25.6 Å². The van der Waals surface area contributed by atoms with Crippen molar-refractivity contribution < 1.29 is 28.7 Å². The molecule has 8 heteroatoms. The molecule has 0 aliphatic carbocycles. The van der Waals surface area contributed by atoms with Gasteiger partial charge in [0.05, 0.1) is 19.1 Å². The van der Waals surface area contributed by atoms with Crippen LogP contribution in [0.5, 0.6) is 5.75 Å². The number of likely N-dealkylation sites (tertiary alicyclic amines) is 1. The topological polar surface area (TPSA) is 102 Å². The van der Waals surface area contributed by atoms with E-state index in [9.17, 15) is 19.2 Å². The molecule has 1 N–H and O–H groups in total. The van der Waals surface area contributed by atoms with E-state index >= 15 is 0 Å². The Hall–Kier alpha value is -3.68. The molecule has 2 amide bonds. The molecule has 2 aromatic rings. The third-order valence-corrected chi connectivity index (χ3v) is 6.89. The Labute approximate surface area is 210 Å². The predicted octanol–water partition coefficient (Wildman–Crippen LogP) is 4.09. The Balaban J connectivity index is 1.52. The summed E-state index contributed by atoms with van der Waals surface area (Å²) in [5.41, 5.74) is 2.79. The van der Waals surface area contributed by atoms with Crippen LogP contribution in [0.1, 0.15) is 66.6 Å². The maximum atomic E-state index is 13.3. The Morgan fingerprint density at radius 1 is 1.08 bits per heavy atom. The van der Waals surface area contributed by atoms with Crippen LogP contribution in [-0.4, -0.2) is 48.7 Å². The molecule has 36 heavy (non-hydrogen) atoms. The summed E-state index contributed by atoms with van der Waals surface area (Å²) in [5.74, 6) is -0.860. The molecule has 0 radical (unpaired) electrons. The van der Waals surface area contributed by atoms with Crippen LogP contribution in [0, 0.1) is 5.92 Å². The molecular weight excluding hydrogens is 460 g/mol. The molecule has 2 aliphatic heterocycles. The number of hydrogen-bond acceptors (Lipinski definition) is 6. The number of esters is 1. The van der Waals surface area contributed by atoms with Crippen LogP contribution in [0.15, 0.2) is 42.5 Å². The zero-order valence-electron chi connectivity index (χ0n) is 20.7. The summed E-state index contributed by atoms with van der Waals surface area (Å²) >= 11 is 0. The van der Waals surface area contributed by atoms with Gasteiger partial charge in [0.1, 0.15) is 5.75 Å². The average Bonchev–Trinajstić information content (AvgIpc) is 2.90. The first-order valence-corrected chi connectivity index (χ1v) is 12.5. The lowest BCUT2D eigenvalue weighted by molar-refractivity contribution is -0.156. The second-order valence-electron chi connectivity index (χ2n) is 9.22. The molecule has 2 aromatic carbocycles. The molecule has 4 rings (SSSR count). The predicted molar refractivity (Wildman–Crippen MR) is 134 cm³/mol. The number of carbonyl (C=O) groups excluding carboxylic acids is 4. The van der Waals surface area contributed by atoms with Gasteiger partial charge in [-0.25, -0.2) is 0 Å². The number of carbonyl (C=O) groups is 4. The molecule has 8 nitrogen and oxygen atoms in total. The SMILES string of the molecule is CCCCN1C(=O)CCC(C(=O)OCC(=O)c2ccc3c(c2)CCC(=O)N3)C1c1ccccc1OC. The lowest BCUT2D eigenvalue weighted by atomic mass is 9.83. The van der Waals surface area contributed by atoms with Gasteiger partial charge in [-0.1, -0.05) is 31.5 Å². The number of nitrogens with one attached hydrogen (secondary N) is 1. The van der Waals surface area contributed by atoms with E-state index in [1.807, 2.05) is 24.3 Å². The molecule has 190 valence electrons. The van der Waals surface area contributed by atoms with Gasteiger partial charge in [0, 0.05) is 36.2 Å². The van der Waals surface area contributed by atoms with Gasteiger partial charge < -0.3 is 19.7 Å². The lowest BCUT2D eigenvalue weighted by Crippen LogP contribution is -2.46. The van der Waals surface area contributed by atoms with Gasteiger partial charge >= 0.3 is 5.97 Å². The van der Waals surface area contributed by atoms with Gasteiger partial charge in [0.2, 0.25) is 11.8 Å². The van der Waals surface area contributed by atoms with Crippen LogP contribution in [0.25, 0.3) is 0 Å². The first kappa shape index (κ1) is 25.4. The van der Waals surface area contributed by atoms with Gasteiger partial charge in [0.15, 0.2) is 12.4 Å². The summed E-state index contributed by atoms with van der Waals surface area (Å²) in [7, 11) is 1.57. The number of fused-ring (bicyclic) bond motifs is 1. The zero-order chi connectivity index (χ0) is 25.7. The average molecular weight is 493 g/mol. The number of rotatable bonds is 9. The third-order valence-electron chi connectivity index (χ3n) is 6.89. The molecule has 0 saturated carbocycles. The van der Waals surface area contributed by atoms with E-state index in [0.717, 1.165) is 24.0 Å². The number of amides is 2. The highest BCUT2D eigenvalue weighted by molar-refractivity contribution is 6.00. The number of nitrogens with zero attached hydrogens (tertiary/aromatic N) is 1. The molecule has 1 saturated heterocycles. The number of ether oxygens (including phenoxy) is 2. The molecule has 0 spiro atoms. The van der Waals surface area contributed by atoms with Crippen LogP contribution in [0.2, 0.25) is 0 Å². The van der Waals surface area contributed by atoms with E-state index in [0.29, 0.717) is 42.8 Å². The summed E-state index contributed by atoms with van der Waals surface area (Å²) in [5, 5.41) is 2.79. The van der Waals surface area contributed by atoms with Crippen LogP contribution >= 0.6 is 0 Å². The second-order valence-corrected chi connectivity index (χ2v) is 9.22. The minimum Gasteiger partial charge on any atom is -0.496 e. The minimum absolute atomic E-state index is 0.000586. The van der Waals surface area contributed by atoms with Gasteiger partial charge in [-0.15, -0.1) is 0 Å². The smallest absolute Gasteiger partial charge is 0.311 e. The Kier molecular flexibility index (Phi) is 8.03. The number of benzene rings is 2. The van der Waals surface area contributed by atoms with E-state index in [1.54, 1.807) is 30.2 Å². The van der Waals surface area contributed by atoms with Crippen molar-refractivity contribution in [2.45, 2.75) is 51.5 Å². The van der Waals surface area contributed by atoms with Gasteiger partial charge in [0.25, 0.3) is 0 Å². The van der Waals surface area contributed by atoms with Gasteiger partial charge in [-0.05, 0) is 49.1 Å². The van der Waals surface area contributed by atoms with Crippen LogP contribution in [0.4, 0.5) is 5.69 Å². The summed E-state index contributed by atoms with van der Waals surface area (Å²) < 4.78 is 11.1. The van der Waals surface area contributed by atoms with Crippen molar-refractivity contribution in [2.24, 2.45) is 5.92 Å². The number of methoxy groups -OCH3 is 1. The first-order valence-electron chi connectivity index (χ1n) is 12.5. The number of Topliss-reactive ketones (excluding diaryl/α,β-unsaturated/α-hetero) is 1. The molecule has 0 bridgehead atoms. The quantitative estimate of drug-likeness (QED) is 0.418. The van der Waals surface area contributed by atoms with Crippen molar-refractivity contribution in [3.8, 4) is 5.75 Å². The Morgan fingerprint density at radius 2 is 1.89 bits per heavy atom. The summed E-state index contributed by atoms with van der Waals surface area (Å²) in [6, 6.07) is 12.0. The highest BCUT2D eigenvalue weighted by Gasteiger charge is 2.42. The zero-order valence-corrected chi connectivity index (χ0v) is 20.7. The van der Waals surface area contributed by atoms with E-state index in [-0.39, 0.29) is 30.6 Å². The standard InChI is InChI=1S/C28H32N2O6/c1-3-4-15-30-26(33)14-11-21(27(30)20-7-5-6-8-24(20)35-2)28(34)36-17-23(31)19-9-12-22-18(16-19)10-13-25(32)29-22/h5-9,12,16,21,27H,3-4,10-11,13-15,17H2,1-2H3,(H,29,32). The van der Waals surface area contributed by atoms with Crippen molar-refractivity contribution in [1.29, 1.82) is 0 Å². The first-order chi connectivity index (χ1) is 17.4. The van der Waals surface area contributed by atoms with E-state index in [2.05, 4.69) is 12.2 Å². The summed E-state index contributed by atoms with van der Waals surface area (Å²) in [6.45, 7) is 2.20. The molecular formula is C28H32N2O6. The van der Waals surface area contributed by atoms with E-state index in [1.165, 1.54) is 0 Å². The molecule has 0 aromatic heterocycles. The highest BCUT2D eigenvalue weighted by atomic mass is 16.5. The highest BCUT2D eigenvalue weighted by Crippen LogP contribution is 2.41. The maximum absolute atomic E-state index is 13.3. The molecule has 1 fully saturated rings. The third kappa shape index (κ3) is 5.42. The summed E-state index contributed by atoms with van der Waals surface area (Å²) in [6.07, 6.45) is 3.26. The monoisotopic (exact) mass is 492 g/mol. The van der Waals surface area contributed by atoms with Gasteiger partial charge in [-0.3, -0.25) is 19.2 Å². The van der Waals surface area contributed by atoms with E-state index in [4.69, 9.17) is 9.47 Å². The van der Waals surface area contributed by atoms with Crippen molar-refractivity contribution in [1.82, 2.24) is 4.90 Å². The number of aryl methyl sites for hydroxylation is 1. The fraction of sp³-hybridized carbons (Fsp3) is 0.429. The number of ketones is 1. The number of hydrogen-bond donors (Lipinski definition) is 1. The Bertz CT molecular complexity index is 1160. The largest absolute Gasteiger partial charge is 0.496 e. The molecule has 2 atom stereocenters. The van der Waals surface area contributed by atoms with Crippen LogP contribution in [-0.2, 0) is 25.5 Å².